The smallest absolute Gasteiger partial charge is 0.416 e. The first-order valence-corrected chi connectivity index (χ1v) is 11.3. The van der Waals surface area contributed by atoms with Crippen molar-refractivity contribution >= 4 is 17.7 Å². The van der Waals surface area contributed by atoms with Crippen molar-refractivity contribution in [1.29, 1.82) is 0 Å². The maximum Gasteiger partial charge on any atom is 0.416 e. The molecule has 1 aliphatic rings. The lowest BCUT2D eigenvalue weighted by molar-refractivity contribution is -0.137. The predicted octanol–water partition coefficient (Wildman–Crippen LogP) is 4.17. The molecule has 1 amide bonds. The van der Waals surface area contributed by atoms with Gasteiger partial charge >= 0.3 is 12.1 Å². The van der Waals surface area contributed by atoms with Gasteiger partial charge in [-0.3, -0.25) is 4.79 Å². The molecule has 1 fully saturated rings. The van der Waals surface area contributed by atoms with Crippen LogP contribution in [0.2, 0.25) is 0 Å². The number of benzene rings is 2. The number of hydrogen-bond donors (Lipinski definition) is 1. The fraction of sp³-hybridized carbons (Fsp3) is 0.231. The van der Waals surface area contributed by atoms with Crippen molar-refractivity contribution in [3.63, 3.8) is 0 Å². The first-order chi connectivity index (χ1) is 17.7. The number of nitrogens with zero attached hydrogens (tertiary/aromatic N) is 4. The Kier molecular flexibility index (Phi) is 7.42. The monoisotopic (exact) mass is 512 g/mol. The lowest BCUT2D eigenvalue weighted by atomic mass is 9.98. The molecule has 37 heavy (non-hydrogen) atoms. The molecule has 2 aromatic carbocycles. The van der Waals surface area contributed by atoms with Gasteiger partial charge < -0.3 is 19.6 Å². The normalized spacial score (nSPS) is 13.8. The molecule has 8 nitrogen and oxygen atoms in total. The van der Waals surface area contributed by atoms with Crippen LogP contribution in [0.4, 0.5) is 19.0 Å². The number of phenolic OH excluding ortho intramolecular Hbond substituents is 1. The van der Waals surface area contributed by atoms with E-state index in [0.717, 1.165) is 12.1 Å². The zero-order chi connectivity index (χ0) is 26.6. The van der Waals surface area contributed by atoms with E-state index in [9.17, 15) is 27.9 Å². The lowest BCUT2D eigenvalue weighted by Crippen LogP contribution is -2.49. The second kappa shape index (κ2) is 10.7. The summed E-state index contributed by atoms with van der Waals surface area (Å²) in [7, 11) is 0. The Bertz CT molecular complexity index is 1300. The standard InChI is InChI=1S/C26H23F3N4O4/c1-2-12-37-25(36)22-6-7-23(31-30-22)32-8-10-33(11-9-32)24(35)19-13-18(14-20(15-19)26(27,28)29)17-4-3-5-21(34)16-17/h2-7,13-16,34H,1,8-12H2. The van der Waals surface area contributed by atoms with Crippen LogP contribution in [0.15, 0.2) is 67.3 Å². The highest BCUT2D eigenvalue weighted by atomic mass is 19.4. The second-order valence-electron chi connectivity index (χ2n) is 8.29. The molecule has 2 heterocycles. The van der Waals surface area contributed by atoms with E-state index in [-0.39, 0.29) is 42.3 Å². The van der Waals surface area contributed by atoms with E-state index in [4.69, 9.17) is 4.74 Å². The number of phenols is 1. The molecule has 0 radical (unpaired) electrons. The highest BCUT2D eigenvalue weighted by Gasteiger charge is 2.33. The highest BCUT2D eigenvalue weighted by Crippen LogP contribution is 2.34. The molecule has 0 atom stereocenters. The summed E-state index contributed by atoms with van der Waals surface area (Å²) < 4.78 is 45.7. The number of carbonyl (C=O) groups is 2. The van der Waals surface area contributed by atoms with Gasteiger partial charge in [0.25, 0.3) is 5.91 Å². The number of alkyl halides is 3. The molecule has 1 saturated heterocycles. The van der Waals surface area contributed by atoms with Gasteiger partial charge in [-0.2, -0.15) is 13.2 Å². The average Bonchev–Trinajstić information content (AvgIpc) is 2.90. The van der Waals surface area contributed by atoms with Crippen LogP contribution in [0.1, 0.15) is 26.4 Å². The Balaban J connectivity index is 1.48. The molecular weight excluding hydrogens is 489 g/mol. The van der Waals surface area contributed by atoms with Crippen LogP contribution in [-0.2, 0) is 10.9 Å². The number of ether oxygens (including phenoxy) is 1. The molecule has 1 aliphatic heterocycles. The number of esters is 1. The number of piperazine rings is 1. The van der Waals surface area contributed by atoms with Crippen LogP contribution >= 0.6 is 0 Å². The third kappa shape index (κ3) is 6.05. The van der Waals surface area contributed by atoms with Gasteiger partial charge in [0.2, 0.25) is 0 Å². The van der Waals surface area contributed by atoms with Crippen molar-refractivity contribution in [2.24, 2.45) is 0 Å². The molecule has 0 spiro atoms. The van der Waals surface area contributed by atoms with Crippen LogP contribution in [0.5, 0.6) is 5.75 Å². The van der Waals surface area contributed by atoms with Crippen LogP contribution in [0.3, 0.4) is 0 Å². The molecule has 1 N–H and O–H groups in total. The molecule has 0 unspecified atom stereocenters. The Labute approximate surface area is 210 Å². The van der Waals surface area contributed by atoms with Crippen LogP contribution in [-0.4, -0.2) is 64.9 Å². The van der Waals surface area contributed by atoms with Gasteiger partial charge in [0, 0.05) is 31.7 Å². The van der Waals surface area contributed by atoms with E-state index >= 15 is 0 Å². The Morgan fingerprint density at radius 1 is 1.00 bits per heavy atom. The predicted molar refractivity (Wildman–Crippen MR) is 129 cm³/mol. The summed E-state index contributed by atoms with van der Waals surface area (Å²) in [5, 5.41) is 17.7. The fourth-order valence-corrected chi connectivity index (χ4v) is 3.90. The number of rotatable bonds is 6. The number of halogens is 3. The van der Waals surface area contributed by atoms with E-state index in [2.05, 4.69) is 16.8 Å². The maximum absolute atomic E-state index is 13.6. The number of aromatic nitrogens is 2. The molecule has 0 saturated carbocycles. The van der Waals surface area contributed by atoms with Crippen LogP contribution in [0.25, 0.3) is 11.1 Å². The molecule has 3 aromatic rings. The summed E-state index contributed by atoms with van der Waals surface area (Å²) in [6, 6.07) is 12.1. The van der Waals surface area contributed by atoms with E-state index in [1.54, 1.807) is 12.1 Å². The summed E-state index contributed by atoms with van der Waals surface area (Å²) in [4.78, 5) is 28.4. The van der Waals surface area contributed by atoms with Crippen molar-refractivity contribution < 1.29 is 32.6 Å². The number of aromatic hydroxyl groups is 1. The minimum absolute atomic E-state index is 0.0477. The van der Waals surface area contributed by atoms with E-state index in [1.165, 1.54) is 41.3 Å². The largest absolute Gasteiger partial charge is 0.508 e. The zero-order valence-corrected chi connectivity index (χ0v) is 19.6. The lowest BCUT2D eigenvalue weighted by Gasteiger charge is -2.35. The molecule has 0 aliphatic carbocycles. The molecule has 1 aromatic heterocycles. The van der Waals surface area contributed by atoms with Gasteiger partial charge in [-0.15, -0.1) is 10.2 Å². The summed E-state index contributed by atoms with van der Waals surface area (Å²) in [6.07, 6.45) is -3.21. The van der Waals surface area contributed by atoms with E-state index in [1.807, 2.05) is 4.90 Å². The molecule has 4 rings (SSSR count). The molecular formula is C26H23F3N4O4. The SMILES string of the molecule is C=CCOC(=O)c1ccc(N2CCN(C(=O)c3cc(-c4cccc(O)c4)cc(C(F)(F)F)c3)CC2)nn1. The van der Waals surface area contributed by atoms with Crippen molar-refractivity contribution in [2.75, 3.05) is 37.7 Å². The number of carbonyl (C=O) groups excluding carboxylic acids is 2. The van der Waals surface area contributed by atoms with Gasteiger partial charge in [-0.25, -0.2) is 4.79 Å². The Hall–Kier alpha value is -4.41. The van der Waals surface area contributed by atoms with Gasteiger partial charge in [-0.1, -0.05) is 24.8 Å². The van der Waals surface area contributed by atoms with Crippen molar-refractivity contribution in [2.45, 2.75) is 6.18 Å². The van der Waals surface area contributed by atoms with E-state index < -0.39 is 23.6 Å². The minimum atomic E-state index is -4.65. The van der Waals surface area contributed by atoms with Gasteiger partial charge in [0.05, 0.1) is 5.56 Å². The summed E-state index contributed by atoms with van der Waals surface area (Å²) in [5.41, 5.74) is -0.456. The summed E-state index contributed by atoms with van der Waals surface area (Å²) in [6.45, 7) is 4.77. The average molecular weight is 512 g/mol. The highest BCUT2D eigenvalue weighted by molar-refractivity contribution is 5.96. The molecule has 11 heteroatoms. The van der Waals surface area contributed by atoms with Gasteiger partial charge in [0.15, 0.2) is 11.5 Å². The van der Waals surface area contributed by atoms with Crippen LogP contribution < -0.4 is 4.90 Å². The Morgan fingerprint density at radius 3 is 2.38 bits per heavy atom. The number of anilines is 1. The van der Waals surface area contributed by atoms with Crippen molar-refractivity contribution in [1.82, 2.24) is 15.1 Å². The molecule has 0 bridgehead atoms. The second-order valence-corrected chi connectivity index (χ2v) is 8.29. The molecule has 192 valence electrons. The Morgan fingerprint density at radius 2 is 1.76 bits per heavy atom. The van der Waals surface area contributed by atoms with Gasteiger partial charge in [-0.05, 0) is 53.6 Å². The van der Waals surface area contributed by atoms with Crippen molar-refractivity contribution in [3.05, 3.63) is 84.1 Å². The first kappa shape index (κ1) is 25.7. The summed E-state index contributed by atoms with van der Waals surface area (Å²) in [5.74, 6) is -0.750. The fourth-order valence-electron chi connectivity index (χ4n) is 3.90. The zero-order valence-electron chi connectivity index (χ0n) is 19.6. The summed E-state index contributed by atoms with van der Waals surface area (Å²) >= 11 is 0. The quantitative estimate of drug-likeness (QED) is 0.391. The maximum atomic E-state index is 13.6. The minimum Gasteiger partial charge on any atom is -0.508 e. The number of hydrogen-bond acceptors (Lipinski definition) is 7. The van der Waals surface area contributed by atoms with E-state index in [0.29, 0.717) is 24.5 Å². The third-order valence-corrected chi connectivity index (χ3v) is 5.77. The first-order valence-electron chi connectivity index (χ1n) is 11.3. The van der Waals surface area contributed by atoms with Gasteiger partial charge in [0.1, 0.15) is 12.4 Å². The number of amides is 1. The van der Waals surface area contributed by atoms with Crippen LogP contribution in [0, 0.1) is 0 Å². The third-order valence-electron chi connectivity index (χ3n) is 5.77. The topological polar surface area (TPSA) is 95.9 Å². The van der Waals surface area contributed by atoms with Crippen molar-refractivity contribution in [3.8, 4) is 16.9 Å².